The topological polar surface area (TPSA) is 0 Å². The highest BCUT2D eigenvalue weighted by molar-refractivity contribution is 4.91. The van der Waals surface area contributed by atoms with Gasteiger partial charge in [0.05, 0.1) is 0 Å². The Bertz CT molecular complexity index is 1290. The molecule has 0 N–H and O–H groups in total. The van der Waals surface area contributed by atoms with Gasteiger partial charge in [-0.15, -0.1) is 26.3 Å². The van der Waals surface area contributed by atoms with Gasteiger partial charge in [0.1, 0.15) is 0 Å². The van der Waals surface area contributed by atoms with Gasteiger partial charge in [-0.05, 0) is 249 Å². The van der Waals surface area contributed by atoms with E-state index in [1.807, 2.05) is 0 Å². The largest absolute Gasteiger partial charge is 0.103 e. The van der Waals surface area contributed by atoms with Crippen molar-refractivity contribution in [2.24, 2.45) is 94.7 Å². The molecule has 0 unspecified atom stereocenters. The Kier molecular flexibility index (Phi) is 30.1. The molecule has 0 nitrogen and oxygen atoms in total. The summed E-state index contributed by atoms with van der Waals surface area (Å²) in [6, 6.07) is 0. The third kappa shape index (κ3) is 21.3. The maximum absolute atomic E-state index is 3.97. The number of allylic oxidation sites excluding steroid dienone is 4. The number of hydrogen-bond donors (Lipinski definition) is 0. The fourth-order valence-corrected chi connectivity index (χ4v) is 16.9. The standard InChI is InChI=1S/C19H34.C18H32.C17H30.C16H28/c1-3-5-6-7-17-10-14-19(15-11-17)18-12-8-16(4-2)9-13-18;1-3-5-6-16-9-13-18(14-10-16)17-11-7-15(4-2)8-12-17;1-3-5-15-8-12-17(13-9-15)16-10-6-14(4-2)7-11-16;1-3-13-5-9-15(10-6-13)16-11-7-14(4-2)8-12-16/h4,16-19H,2-3,5-15H2,1H3;4,15-18H,2-3,5-14H2,1H3;4,14-17H,2-3,5-13H2,1H3;3,13-16H,1,4-12H2,2H3. The van der Waals surface area contributed by atoms with Crippen molar-refractivity contribution in [3.8, 4) is 0 Å². The zero-order valence-corrected chi connectivity index (χ0v) is 48.1. The molecular formula is C70H124. The smallest absolute Gasteiger partial charge is 0.0236 e. The minimum atomic E-state index is 0.835. The van der Waals surface area contributed by atoms with E-state index in [4.69, 9.17) is 0 Å². The molecule has 0 heterocycles. The van der Waals surface area contributed by atoms with Crippen molar-refractivity contribution in [1.29, 1.82) is 0 Å². The van der Waals surface area contributed by atoms with Gasteiger partial charge in [0.25, 0.3) is 0 Å². The molecule has 0 heteroatoms. The number of unbranched alkanes of at least 4 members (excludes halogenated alkanes) is 3. The molecule has 0 aromatic rings. The van der Waals surface area contributed by atoms with E-state index in [2.05, 4.69) is 78.3 Å². The van der Waals surface area contributed by atoms with E-state index < -0.39 is 0 Å². The SMILES string of the molecule is C=CC1CCC(C2CCC(CC)CC2)CC1.C=CC1CCC(C2CCC(CCC)CC2)CC1.C=CC1CCC(C2CCC(CCCC)CC2)CC1.C=CC1CCC(C2CCC(CCCCC)CC2)CC1. The third-order valence-electron chi connectivity index (χ3n) is 22.3. The van der Waals surface area contributed by atoms with E-state index in [-0.39, 0.29) is 0 Å². The van der Waals surface area contributed by atoms with Gasteiger partial charge in [-0.1, -0.05) is 168 Å². The molecule has 404 valence electrons. The number of hydrogen-bond acceptors (Lipinski definition) is 0. The Morgan fingerprint density at radius 3 is 0.700 bits per heavy atom. The summed E-state index contributed by atoms with van der Waals surface area (Å²) in [6.45, 7) is 25.2. The molecule has 0 atom stereocenters. The molecule has 8 fully saturated rings. The summed E-state index contributed by atoms with van der Waals surface area (Å²) in [5, 5.41) is 0. The molecule has 8 rings (SSSR count). The lowest BCUT2D eigenvalue weighted by Gasteiger charge is -2.37. The fourth-order valence-electron chi connectivity index (χ4n) is 16.9. The van der Waals surface area contributed by atoms with Crippen molar-refractivity contribution in [3.05, 3.63) is 50.6 Å². The first-order valence-corrected chi connectivity index (χ1v) is 32.8. The summed E-state index contributed by atoms with van der Waals surface area (Å²) in [4.78, 5) is 0. The van der Waals surface area contributed by atoms with Crippen molar-refractivity contribution in [1.82, 2.24) is 0 Å². The molecule has 0 aromatic carbocycles. The maximum Gasteiger partial charge on any atom is -0.0236 e. The Hall–Kier alpha value is -1.04. The molecule has 0 saturated heterocycles. The summed E-state index contributed by atoms with van der Waals surface area (Å²) in [6.07, 6.45) is 71.0. The molecule has 8 saturated carbocycles. The van der Waals surface area contributed by atoms with Crippen molar-refractivity contribution in [3.63, 3.8) is 0 Å². The van der Waals surface area contributed by atoms with Crippen LogP contribution in [0.1, 0.15) is 297 Å². The molecule has 8 aliphatic rings. The van der Waals surface area contributed by atoms with Crippen molar-refractivity contribution in [2.75, 3.05) is 0 Å². The summed E-state index contributed by atoms with van der Waals surface area (Å²) in [7, 11) is 0. The minimum absolute atomic E-state index is 0.835. The van der Waals surface area contributed by atoms with Crippen LogP contribution in [0.3, 0.4) is 0 Å². The van der Waals surface area contributed by atoms with Gasteiger partial charge in [-0.2, -0.15) is 0 Å². The number of rotatable bonds is 18. The van der Waals surface area contributed by atoms with E-state index in [0.29, 0.717) is 0 Å². The first-order chi connectivity index (χ1) is 34.3. The zero-order valence-electron chi connectivity index (χ0n) is 48.1. The summed E-state index contributed by atoms with van der Waals surface area (Å²) >= 11 is 0. The van der Waals surface area contributed by atoms with E-state index in [1.165, 1.54) is 257 Å². The van der Waals surface area contributed by atoms with Gasteiger partial charge in [0.15, 0.2) is 0 Å². The highest BCUT2D eigenvalue weighted by Gasteiger charge is 2.33. The molecular weight excluding hydrogens is 841 g/mol. The zero-order chi connectivity index (χ0) is 49.8. The van der Waals surface area contributed by atoms with Gasteiger partial charge in [0, 0.05) is 0 Å². The highest BCUT2D eigenvalue weighted by Crippen LogP contribution is 2.46. The average Bonchev–Trinajstić information content (AvgIpc) is 3.44. The first kappa shape index (κ1) is 59.8. The van der Waals surface area contributed by atoms with Crippen LogP contribution in [0.2, 0.25) is 0 Å². The lowest BCUT2D eigenvalue weighted by Crippen LogP contribution is -2.25. The molecule has 0 bridgehead atoms. The quantitative estimate of drug-likeness (QED) is 0.0949. The van der Waals surface area contributed by atoms with Crippen molar-refractivity contribution < 1.29 is 0 Å². The van der Waals surface area contributed by atoms with Gasteiger partial charge < -0.3 is 0 Å². The monoisotopic (exact) mass is 965 g/mol. The van der Waals surface area contributed by atoms with Crippen LogP contribution < -0.4 is 0 Å². The fraction of sp³-hybridized carbons (Fsp3) is 0.886. The van der Waals surface area contributed by atoms with Crippen molar-refractivity contribution in [2.45, 2.75) is 297 Å². The van der Waals surface area contributed by atoms with Gasteiger partial charge in [-0.3, -0.25) is 0 Å². The van der Waals surface area contributed by atoms with Crippen LogP contribution in [0, 0.1) is 94.7 Å². The molecule has 0 spiro atoms. The van der Waals surface area contributed by atoms with Crippen LogP contribution in [0.5, 0.6) is 0 Å². The molecule has 8 aliphatic carbocycles. The van der Waals surface area contributed by atoms with E-state index in [1.54, 1.807) is 12.8 Å². The van der Waals surface area contributed by atoms with Gasteiger partial charge >= 0.3 is 0 Å². The summed E-state index contributed by atoms with van der Waals surface area (Å²) in [5.41, 5.74) is 0. The van der Waals surface area contributed by atoms with Crippen LogP contribution in [0.15, 0.2) is 50.6 Å². The van der Waals surface area contributed by atoms with Crippen molar-refractivity contribution >= 4 is 0 Å². The molecule has 0 aromatic heterocycles. The van der Waals surface area contributed by atoms with Crippen LogP contribution >= 0.6 is 0 Å². The second-order valence-electron chi connectivity index (χ2n) is 26.6. The predicted molar refractivity (Wildman–Crippen MR) is 313 cm³/mol. The Morgan fingerprint density at radius 2 is 0.471 bits per heavy atom. The molecule has 70 heavy (non-hydrogen) atoms. The van der Waals surface area contributed by atoms with Crippen LogP contribution in [-0.2, 0) is 0 Å². The summed E-state index contributed by atoms with van der Waals surface area (Å²) in [5.74, 6) is 16.2. The average molecular weight is 966 g/mol. The van der Waals surface area contributed by atoms with Gasteiger partial charge in [-0.25, -0.2) is 0 Å². The van der Waals surface area contributed by atoms with Crippen LogP contribution in [0.25, 0.3) is 0 Å². The molecule has 0 aliphatic heterocycles. The summed E-state index contributed by atoms with van der Waals surface area (Å²) < 4.78 is 0. The van der Waals surface area contributed by atoms with Gasteiger partial charge in [0.2, 0.25) is 0 Å². The maximum atomic E-state index is 3.97. The lowest BCUT2D eigenvalue weighted by atomic mass is 9.68. The molecule has 0 radical (unpaired) electrons. The highest BCUT2D eigenvalue weighted by atomic mass is 14.4. The Balaban J connectivity index is 0.000000174. The molecule has 0 amide bonds. The first-order valence-electron chi connectivity index (χ1n) is 32.8. The predicted octanol–water partition coefficient (Wildman–Crippen LogP) is 23.1. The van der Waals surface area contributed by atoms with E-state index in [0.717, 1.165) is 94.7 Å². The minimum Gasteiger partial charge on any atom is -0.103 e. The lowest BCUT2D eigenvalue weighted by molar-refractivity contribution is 0.151. The second-order valence-corrected chi connectivity index (χ2v) is 26.6. The third-order valence-corrected chi connectivity index (χ3v) is 22.3. The Morgan fingerprint density at radius 1 is 0.243 bits per heavy atom. The second kappa shape index (κ2) is 35.3. The normalized spacial score (nSPS) is 38.1. The van der Waals surface area contributed by atoms with Crippen LogP contribution in [0.4, 0.5) is 0 Å². The van der Waals surface area contributed by atoms with Crippen LogP contribution in [-0.4, -0.2) is 0 Å². The van der Waals surface area contributed by atoms with E-state index >= 15 is 0 Å². The van der Waals surface area contributed by atoms with E-state index in [9.17, 15) is 0 Å². The Labute approximate surface area is 440 Å².